The van der Waals surface area contributed by atoms with Gasteiger partial charge in [0.1, 0.15) is 0 Å². The summed E-state index contributed by atoms with van der Waals surface area (Å²) in [6.45, 7) is 3.93. The summed E-state index contributed by atoms with van der Waals surface area (Å²) in [4.78, 5) is 23.4. The van der Waals surface area contributed by atoms with Crippen molar-refractivity contribution in [2.24, 2.45) is 7.05 Å². The van der Waals surface area contributed by atoms with Crippen LogP contribution in [0.2, 0.25) is 5.02 Å². The van der Waals surface area contributed by atoms with Gasteiger partial charge in [-0.05, 0) is 38.1 Å². The minimum atomic E-state index is -0.505. The smallest absolute Gasteiger partial charge is 0.321 e. The quantitative estimate of drug-likeness (QED) is 0.792. The summed E-state index contributed by atoms with van der Waals surface area (Å²) in [6.07, 6.45) is 0. The molecule has 2 N–H and O–H groups in total. The monoisotopic (exact) mass is 367 g/mol. The minimum absolute atomic E-state index is 0.387. The van der Waals surface area contributed by atoms with Gasteiger partial charge in [-0.15, -0.1) is 10.2 Å². The standard InChI is InChI=1S/C15H18ClN5O2S/c1-4-17-14(23)18-13(22)9(2)24-15-20-19-12(21(15)3)10-5-7-11(16)8-6-10/h5-9H,4H2,1-3H3,(H2,17,18,22,23). The topological polar surface area (TPSA) is 88.9 Å². The number of benzene rings is 1. The van der Waals surface area contributed by atoms with Gasteiger partial charge >= 0.3 is 6.03 Å². The molecule has 2 aromatic rings. The molecule has 1 aromatic carbocycles. The van der Waals surface area contributed by atoms with Crippen LogP contribution in [0.4, 0.5) is 4.79 Å². The van der Waals surface area contributed by atoms with Crippen LogP contribution in [0.1, 0.15) is 13.8 Å². The molecular weight excluding hydrogens is 350 g/mol. The second-order valence-corrected chi connectivity index (χ2v) is 6.73. The Hall–Kier alpha value is -2.06. The lowest BCUT2D eigenvalue weighted by Crippen LogP contribution is -2.42. The van der Waals surface area contributed by atoms with E-state index in [1.807, 2.05) is 19.2 Å². The molecule has 1 heterocycles. The zero-order valence-electron chi connectivity index (χ0n) is 13.5. The van der Waals surface area contributed by atoms with Crippen LogP contribution < -0.4 is 10.6 Å². The molecule has 0 aliphatic carbocycles. The van der Waals surface area contributed by atoms with E-state index in [2.05, 4.69) is 20.8 Å². The molecule has 1 aromatic heterocycles. The Balaban J connectivity index is 2.07. The molecule has 0 saturated carbocycles. The number of halogens is 1. The molecule has 9 heteroatoms. The highest BCUT2D eigenvalue weighted by atomic mass is 35.5. The van der Waals surface area contributed by atoms with Crippen LogP contribution in [-0.4, -0.2) is 38.5 Å². The first kappa shape index (κ1) is 18.3. The van der Waals surface area contributed by atoms with Crippen LogP contribution in [0.25, 0.3) is 11.4 Å². The van der Waals surface area contributed by atoms with Crippen molar-refractivity contribution in [2.45, 2.75) is 24.3 Å². The molecule has 0 spiro atoms. The van der Waals surface area contributed by atoms with Gasteiger partial charge in [-0.2, -0.15) is 0 Å². The van der Waals surface area contributed by atoms with Crippen LogP contribution in [-0.2, 0) is 11.8 Å². The number of amides is 3. The first-order valence-corrected chi connectivity index (χ1v) is 8.58. The predicted octanol–water partition coefficient (Wildman–Crippen LogP) is 2.46. The maximum Gasteiger partial charge on any atom is 0.321 e. The summed E-state index contributed by atoms with van der Waals surface area (Å²) < 4.78 is 1.80. The summed E-state index contributed by atoms with van der Waals surface area (Å²) >= 11 is 7.12. The van der Waals surface area contributed by atoms with E-state index >= 15 is 0 Å². The fraction of sp³-hybridized carbons (Fsp3) is 0.333. The second-order valence-electron chi connectivity index (χ2n) is 4.98. The van der Waals surface area contributed by atoms with Crippen LogP contribution in [0.15, 0.2) is 29.4 Å². The minimum Gasteiger partial charge on any atom is -0.338 e. The average Bonchev–Trinajstić information content (AvgIpc) is 2.89. The van der Waals surface area contributed by atoms with E-state index in [-0.39, 0.29) is 5.91 Å². The van der Waals surface area contributed by atoms with E-state index in [1.165, 1.54) is 11.8 Å². The molecule has 2 rings (SSSR count). The molecular formula is C15H18ClN5O2S. The number of aromatic nitrogens is 3. The number of rotatable bonds is 5. The Bertz CT molecular complexity index is 732. The van der Waals surface area contributed by atoms with Crippen molar-refractivity contribution in [1.82, 2.24) is 25.4 Å². The number of carbonyl (C=O) groups is 2. The molecule has 24 heavy (non-hydrogen) atoms. The molecule has 0 fully saturated rings. The summed E-state index contributed by atoms with van der Waals surface area (Å²) in [7, 11) is 1.82. The Labute approximate surface area is 149 Å². The second kappa shape index (κ2) is 8.16. The van der Waals surface area contributed by atoms with Crippen LogP contribution in [0, 0.1) is 0 Å². The molecule has 1 unspecified atom stereocenters. The van der Waals surface area contributed by atoms with E-state index in [0.717, 1.165) is 5.56 Å². The lowest BCUT2D eigenvalue weighted by atomic mass is 10.2. The molecule has 1 atom stereocenters. The fourth-order valence-corrected chi connectivity index (χ4v) is 2.84. The number of carbonyl (C=O) groups excluding carboxylic acids is 2. The summed E-state index contributed by atoms with van der Waals surface area (Å²) in [5.41, 5.74) is 0.876. The highest BCUT2D eigenvalue weighted by Gasteiger charge is 2.20. The highest BCUT2D eigenvalue weighted by Crippen LogP contribution is 2.26. The lowest BCUT2D eigenvalue weighted by Gasteiger charge is -2.11. The van der Waals surface area contributed by atoms with E-state index in [9.17, 15) is 9.59 Å². The third-order valence-electron chi connectivity index (χ3n) is 3.16. The Morgan fingerprint density at radius 2 is 1.96 bits per heavy atom. The van der Waals surface area contributed by atoms with Gasteiger partial charge in [-0.1, -0.05) is 23.4 Å². The summed E-state index contributed by atoms with van der Waals surface area (Å²) in [6, 6.07) is 6.76. The van der Waals surface area contributed by atoms with Gasteiger partial charge in [-0.3, -0.25) is 10.1 Å². The molecule has 0 radical (unpaired) electrons. The van der Waals surface area contributed by atoms with Crippen molar-refractivity contribution in [2.75, 3.05) is 6.54 Å². The zero-order valence-corrected chi connectivity index (χ0v) is 15.1. The van der Waals surface area contributed by atoms with E-state index in [1.54, 1.807) is 30.5 Å². The van der Waals surface area contributed by atoms with Gasteiger partial charge in [0.15, 0.2) is 11.0 Å². The van der Waals surface area contributed by atoms with Gasteiger partial charge in [0, 0.05) is 24.2 Å². The molecule has 3 amide bonds. The van der Waals surface area contributed by atoms with E-state index < -0.39 is 11.3 Å². The van der Waals surface area contributed by atoms with Gasteiger partial charge < -0.3 is 9.88 Å². The van der Waals surface area contributed by atoms with Crippen LogP contribution in [0.3, 0.4) is 0 Å². The predicted molar refractivity (Wildman–Crippen MR) is 94.0 cm³/mol. The Morgan fingerprint density at radius 1 is 1.29 bits per heavy atom. The zero-order chi connectivity index (χ0) is 17.7. The number of nitrogens with zero attached hydrogens (tertiary/aromatic N) is 3. The van der Waals surface area contributed by atoms with Crippen LogP contribution >= 0.6 is 23.4 Å². The van der Waals surface area contributed by atoms with E-state index in [4.69, 9.17) is 11.6 Å². The largest absolute Gasteiger partial charge is 0.338 e. The first-order valence-electron chi connectivity index (χ1n) is 7.33. The Kier molecular flexibility index (Phi) is 6.22. The molecule has 128 valence electrons. The number of urea groups is 1. The fourth-order valence-electron chi connectivity index (χ4n) is 1.90. The van der Waals surface area contributed by atoms with Crippen molar-refractivity contribution in [3.63, 3.8) is 0 Å². The van der Waals surface area contributed by atoms with Crippen molar-refractivity contribution < 1.29 is 9.59 Å². The lowest BCUT2D eigenvalue weighted by molar-refractivity contribution is -0.119. The maximum absolute atomic E-state index is 12.0. The number of nitrogens with one attached hydrogen (secondary N) is 2. The normalized spacial score (nSPS) is 11.8. The van der Waals surface area contributed by atoms with Gasteiger partial charge in [0.25, 0.3) is 0 Å². The number of imide groups is 1. The third-order valence-corrected chi connectivity index (χ3v) is 4.55. The third kappa shape index (κ3) is 4.48. The number of hydrogen-bond donors (Lipinski definition) is 2. The first-order chi connectivity index (χ1) is 11.4. The average molecular weight is 368 g/mol. The molecule has 0 saturated heterocycles. The maximum atomic E-state index is 12.0. The molecule has 7 nitrogen and oxygen atoms in total. The van der Waals surface area contributed by atoms with Gasteiger partial charge in [0.05, 0.1) is 5.25 Å². The SMILES string of the molecule is CCNC(=O)NC(=O)C(C)Sc1nnc(-c2ccc(Cl)cc2)n1C. The Morgan fingerprint density at radius 3 is 2.58 bits per heavy atom. The summed E-state index contributed by atoms with van der Waals surface area (Å²) in [5.74, 6) is 0.285. The molecule has 0 bridgehead atoms. The van der Waals surface area contributed by atoms with Crippen molar-refractivity contribution in [1.29, 1.82) is 0 Å². The van der Waals surface area contributed by atoms with Crippen molar-refractivity contribution >= 4 is 35.3 Å². The molecule has 0 aliphatic heterocycles. The van der Waals surface area contributed by atoms with Gasteiger partial charge in [-0.25, -0.2) is 4.79 Å². The van der Waals surface area contributed by atoms with Crippen LogP contribution in [0.5, 0.6) is 0 Å². The summed E-state index contributed by atoms with van der Waals surface area (Å²) in [5, 5.41) is 13.8. The van der Waals surface area contributed by atoms with Crippen molar-refractivity contribution in [3.05, 3.63) is 29.3 Å². The van der Waals surface area contributed by atoms with Gasteiger partial charge in [0.2, 0.25) is 5.91 Å². The molecule has 0 aliphatic rings. The number of hydrogen-bond acceptors (Lipinski definition) is 5. The highest BCUT2D eigenvalue weighted by molar-refractivity contribution is 8.00. The van der Waals surface area contributed by atoms with E-state index in [0.29, 0.717) is 22.5 Å². The van der Waals surface area contributed by atoms with Crippen molar-refractivity contribution in [3.8, 4) is 11.4 Å². The number of thioether (sulfide) groups is 1.